The fourth-order valence-electron chi connectivity index (χ4n) is 2.72. The molecule has 0 spiro atoms. The Bertz CT molecular complexity index is 1080. The summed E-state index contributed by atoms with van der Waals surface area (Å²) in [5, 5.41) is 12.1. The number of rotatable bonds is 8. The fourth-order valence-corrected chi connectivity index (χ4v) is 2.72. The van der Waals surface area contributed by atoms with Crippen LogP contribution in [-0.4, -0.2) is 36.7 Å². The SMILES string of the molecule is COc1cccc2cc(C(=O)NC(COCc3ccccc3)C(=O)O)c(=O)oc12. The number of amides is 1. The number of carbonyl (C=O) groups is 2. The lowest BCUT2D eigenvalue weighted by Crippen LogP contribution is -2.45. The number of aliphatic carboxylic acids is 1. The van der Waals surface area contributed by atoms with Crippen LogP contribution < -0.4 is 15.7 Å². The maximum Gasteiger partial charge on any atom is 0.349 e. The van der Waals surface area contributed by atoms with Crippen LogP contribution >= 0.6 is 0 Å². The molecule has 3 rings (SSSR count). The number of fused-ring (bicyclic) bond motifs is 1. The number of hydrogen-bond acceptors (Lipinski definition) is 6. The van der Waals surface area contributed by atoms with Crippen molar-refractivity contribution >= 4 is 22.8 Å². The van der Waals surface area contributed by atoms with Gasteiger partial charge in [0.2, 0.25) is 0 Å². The molecule has 0 bridgehead atoms. The van der Waals surface area contributed by atoms with Crippen LogP contribution in [0.15, 0.2) is 63.8 Å². The third-order valence-electron chi connectivity index (χ3n) is 4.19. The van der Waals surface area contributed by atoms with Crippen LogP contribution in [0.4, 0.5) is 0 Å². The number of nitrogens with one attached hydrogen (secondary N) is 1. The molecule has 29 heavy (non-hydrogen) atoms. The largest absolute Gasteiger partial charge is 0.493 e. The van der Waals surface area contributed by atoms with Crippen molar-refractivity contribution in [3.63, 3.8) is 0 Å². The van der Waals surface area contributed by atoms with Crippen molar-refractivity contribution in [2.24, 2.45) is 0 Å². The summed E-state index contributed by atoms with van der Waals surface area (Å²) in [6.07, 6.45) is 0. The maximum atomic E-state index is 12.5. The number of methoxy groups -OCH3 is 1. The Kier molecular flexibility index (Phi) is 6.25. The Labute approximate surface area is 165 Å². The molecule has 0 aliphatic rings. The second kappa shape index (κ2) is 9.03. The quantitative estimate of drug-likeness (QED) is 0.560. The van der Waals surface area contributed by atoms with Gasteiger partial charge in [-0.1, -0.05) is 42.5 Å². The van der Waals surface area contributed by atoms with E-state index in [4.69, 9.17) is 13.9 Å². The molecule has 1 heterocycles. The first kappa shape index (κ1) is 20.1. The minimum Gasteiger partial charge on any atom is -0.493 e. The van der Waals surface area contributed by atoms with Crippen LogP contribution in [0.25, 0.3) is 11.0 Å². The van der Waals surface area contributed by atoms with Crippen LogP contribution in [0.3, 0.4) is 0 Å². The van der Waals surface area contributed by atoms with Gasteiger partial charge >= 0.3 is 11.6 Å². The summed E-state index contributed by atoms with van der Waals surface area (Å²) in [5.74, 6) is -1.79. The van der Waals surface area contributed by atoms with Gasteiger partial charge in [-0.05, 0) is 17.7 Å². The Balaban J connectivity index is 1.73. The highest BCUT2D eigenvalue weighted by Gasteiger charge is 2.23. The fraction of sp³-hybridized carbons (Fsp3) is 0.190. The first-order chi connectivity index (χ1) is 14.0. The van der Waals surface area contributed by atoms with E-state index in [1.807, 2.05) is 30.3 Å². The Morgan fingerprint density at radius 3 is 2.59 bits per heavy atom. The Morgan fingerprint density at radius 1 is 1.14 bits per heavy atom. The molecule has 2 aromatic carbocycles. The lowest BCUT2D eigenvalue weighted by Gasteiger charge is -2.15. The van der Waals surface area contributed by atoms with Gasteiger partial charge in [0, 0.05) is 5.39 Å². The van der Waals surface area contributed by atoms with Crippen LogP contribution in [0, 0.1) is 0 Å². The predicted molar refractivity (Wildman–Crippen MR) is 104 cm³/mol. The molecule has 8 heteroatoms. The van der Waals surface area contributed by atoms with E-state index in [2.05, 4.69) is 5.32 Å². The molecule has 1 amide bonds. The van der Waals surface area contributed by atoms with Crippen molar-refractivity contribution < 1.29 is 28.6 Å². The summed E-state index contributed by atoms with van der Waals surface area (Å²) < 4.78 is 15.7. The average Bonchev–Trinajstić information content (AvgIpc) is 2.72. The van der Waals surface area contributed by atoms with Gasteiger partial charge in [0.25, 0.3) is 5.91 Å². The van der Waals surface area contributed by atoms with Crippen molar-refractivity contribution in [1.29, 1.82) is 0 Å². The molecule has 0 aliphatic carbocycles. The zero-order valence-corrected chi connectivity index (χ0v) is 15.6. The van der Waals surface area contributed by atoms with E-state index in [1.54, 1.807) is 18.2 Å². The maximum absolute atomic E-state index is 12.5. The van der Waals surface area contributed by atoms with E-state index in [1.165, 1.54) is 13.2 Å². The smallest absolute Gasteiger partial charge is 0.349 e. The highest BCUT2D eigenvalue weighted by molar-refractivity contribution is 5.99. The molecule has 3 aromatic rings. The van der Waals surface area contributed by atoms with Gasteiger partial charge in [-0.25, -0.2) is 9.59 Å². The number of carboxylic acids is 1. The molecule has 0 aliphatic heterocycles. The van der Waals surface area contributed by atoms with Crippen molar-refractivity contribution in [3.05, 3.63) is 76.1 Å². The van der Waals surface area contributed by atoms with Crippen molar-refractivity contribution in [3.8, 4) is 5.75 Å². The number of hydrogen-bond donors (Lipinski definition) is 2. The molecule has 0 saturated heterocycles. The second-order valence-corrected chi connectivity index (χ2v) is 6.19. The molecule has 2 N–H and O–H groups in total. The van der Waals surface area contributed by atoms with Gasteiger partial charge in [0.15, 0.2) is 17.4 Å². The molecular weight excluding hydrogens is 378 g/mol. The van der Waals surface area contributed by atoms with Crippen LogP contribution in [0.5, 0.6) is 5.75 Å². The van der Waals surface area contributed by atoms with E-state index < -0.39 is 23.5 Å². The van der Waals surface area contributed by atoms with Crippen molar-refractivity contribution in [1.82, 2.24) is 5.32 Å². The van der Waals surface area contributed by atoms with E-state index >= 15 is 0 Å². The average molecular weight is 397 g/mol. The first-order valence-corrected chi connectivity index (χ1v) is 8.76. The topological polar surface area (TPSA) is 115 Å². The summed E-state index contributed by atoms with van der Waals surface area (Å²) in [7, 11) is 1.43. The Morgan fingerprint density at radius 2 is 1.90 bits per heavy atom. The normalized spacial score (nSPS) is 11.8. The minimum atomic E-state index is -1.33. The van der Waals surface area contributed by atoms with Gasteiger partial charge in [-0.15, -0.1) is 0 Å². The van der Waals surface area contributed by atoms with Crippen molar-refractivity contribution in [2.75, 3.05) is 13.7 Å². The standard InChI is InChI=1S/C21H19NO7/c1-27-17-9-5-8-14-10-15(21(26)29-18(14)17)19(23)22-16(20(24)25)12-28-11-13-6-3-2-4-7-13/h2-10,16H,11-12H2,1H3,(H,22,23)(H,24,25). The van der Waals surface area contributed by atoms with Crippen molar-refractivity contribution in [2.45, 2.75) is 12.6 Å². The zero-order chi connectivity index (χ0) is 20.8. The minimum absolute atomic E-state index is 0.193. The van der Waals surface area contributed by atoms with E-state index in [0.29, 0.717) is 11.1 Å². The first-order valence-electron chi connectivity index (χ1n) is 8.76. The number of ether oxygens (including phenoxy) is 2. The van der Waals surface area contributed by atoms with E-state index in [-0.39, 0.29) is 24.4 Å². The molecule has 150 valence electrons. The van der Waals surface area contributed by atoms with Gasteiger partial charge in [-0.2, -0.15) is 0 Å². The number of benzene rings is 2. The highest BCUT2D eigenvalue weighted by Crippen LogP contribution is 2.24. The third kappa shape index (κ3) is 4.80. The van der Waals surface area contributed by atoms with E-state index in [9.17, 15) is 19.5 Å². The van der Waals surface area contributed by atoms with Gasteiger partial charge in [0.1, 0.15) is 5.56 Å². The summed E-state index contributed by atoms with van der Waals surface area (Å²) in [6, 6.07) is 14.2. The summed E-state index contributed by atoms with van der Waals surface area (Å²) >= 11 is 0. The molecule has 0 saturated carbocycles. The molecule has 8 nitrogen and oxygen atoms in total. The molecular formula is C21H19NO7. The highest BCUT2D eigenvalue weighted by atomic mass is 16.5. The van der Waals surface area contributed by atoms with Gasteiger partial charge in [-0.3, -0.25) is 4.79 Å². The summed E-state index contributed by atoms with van der Waals surface area (Å²) in [4.78, 5) is 36.2. The lowest BCUT2D eigenvalue weighted by molar-refractivity contribution is -0.141. The number of carboxylic acid groups (broad SMARTS) is 1. The predicted octanol–water partition coefficient (Wildman–Crippen LogP) is 2.20. The van der Waals surface area contributed by atoms with E-state index in [0.717, 1.165) is 5.56 Å². The van der Waals surface area contributed by atoms with Crippen LogP contribution in [-0.2, 0) is 16.1 Å². The number of carbonyl (C=O) groups excluding carboxylic acids is 1. The summed E-state index contributed by atoms with van der Waals surface area (Å²) in [6.45, 7) is -0.0683. The zero-order valence-electron chi connectivity index (χ0n) is 15.6. The molecule has 1 aromatic heterocycles. The number of para-hydroxylation sites is 1. The Hall–Kier alpha value is -3.65. The summed E-state index contributed by atoms with van der Waals surface area (Å²) in [5.41, 5.74) is -0.126. The monoisotopic (exact) mass is 397 g/mol. The molecule has 1 atom stereocenters. The second-order valence-electron chi connectivity index (χ2n) is 6.19. The van der Waals surface area contributed by atoms with Crippen LogP contribution in [0.2, 0.25) is 0 Å². The molecule has 0 radical (unpaired) electrons. The lowest BCUT2D eigenvalue weighted by atomic mass is 10.1. The van der Waals surface area contributed by atoms with Gasteiger partial charge in [0.05, 0.1) is 20.3 Å². The van der Waals surface area contributed by atoms with Crippen LogP contribution in [0.1, 0.15) is 15.9 Å². The molecule has 1 unspecified atom stereocenters. The molecule has 0 fully saturated rings. The third-order valence-corrected chi connectivity index (χ3v) is 4.19. The van der Waals surface area contributed by atoms with Gasteiger partial charge < -0.3 is 24.3 Å².